The highest BCUT2D eigenvalue weighted by molar-refractivity contribution is 5.78. The molecule has 1 atom stereocenters. The van der Waals surface area contributed by atoms with Gasteiger partial charge < -0.3 is 5.32 Å². The lowest BCUT2D eigenvalue weighted by Gasteiger charge is -2.21. The van der Waals surface area contributed by atoms with Crippen molar-refractivity contribution in [2.45, 2.75) is 39.5 Å². The van der Waals surface area contributed by atoms with E-state index < -0.39 is 11.7 Å². The van der Waals surface area contributed by atoms with Gasteiger partial charge in [-0.3, -0.25) is 9.69 Å². The third kappa shape index (κ3) is 6.05. The molecule has 0 radical (unpaired) electrons. The summed E-state index contributed by atoms with van der Waals surface area (Å²) in [6, 6.07) is 5.09. The van der Waals surface area contributed by atoms with E-state index in [1.807, 2.05) is 20.8 Å². The first kappa shape index (κ1) is 18.5. The minimum atomic E-state index is -4.32. The quantitative estimate of drug-likeness (QED) is 0.873. The maximum atomic E-state index is 12.5. The number of hydrogen-bond donors (Lipinski definition) is 1. The van der Waals surface area contributed by atoms with Crippen molar-refractivity contribution in [3.05, 3.63) is 35.4 Å². The maximum absolute atomic E-state index is 12.5. The Labute approximate surface area is 129 Å². The molecule has 0 bridgehead atoms. The molecule has 1 N–H and O–H groups in total. The zero-order valence-corrected chi connectivity index (χ0v) is 13.4. The van der Waals surface area contributed by atoms with E-state index in [1.165, 1.54) is 12.1 Å². The van der Waals surface area contributed by atoms with E-state index in [-0.39, 0.29) is 18.5 Å². The Hall–Kier alpha value is -1.56. The SMILES string of the molecule is CC(C)C(C)NC(=O)CN(C)Cc1ccc(C(F)(F)F)cc1. The first-order valence-electron chi connectivity index (χ1n) is 7.23. The standard InChI is InChI=1S/C16H23F3N2O/c1-11(2)12(3)20-15(22)10-21(4)9-13-5-7-14(8-6-13)16(17,18)19/h5-8,11-12H,9-10H2,1-4H3,(H,20,22). The van der Waals surface area contributed by atoms with E-state index in [4.69, 9.17) is 0 Å². The van der Waals surface area contributed by atoms with Gasteiger partial charge in [0, 0.05) is 12.6 Å². The number of nitrogens with one attached hydrogen (secondary N) is 1. The van der Waals surface area contributed by atoms with Crippen LogP contribution in [0.5, 0.6) is 0 Å². The van der Waals surface area contributed by atoms with Crippen molar-refractivity contribution in [3.8, 4) is 0 Å². The van der Waals surface area contributed by atoms with Crippen LogP contribution in [0.3, 0.4) is 0 Å². The Kier molecular flexibility index (Phi) is 6.41. The van der Waals surface area contributed by atoms with Crippen LogP contribution in [-0.2, 0) is 17.5 Å². The fraction of sp³-hybridized carbons (Fsp3) is 0.562. The van der Waals surface area contributed by atoms with E-state index in [2.05, 4.69) is 5.32 Å². The summed E-state index contributed by atoms with van der Waals surface area (Å²) in [6.07, 6.45) is -4.32. The Balaban J connectivity index is 2.51. The number of benzene rings is 1. The van der Waals surface area contributed by atoms with E-state index in [0.29, 0.717) is 12.5 Å². The second-order valence-corrected chi connectivity index (χ2v) is 5.97. The molecular formula is C16H23F3N2O. The molecule has 0 heterocycles. The van der Waals surface area contributed by atoms with Crippen LogP contribution >= 0.6 is 0 Å². The average Bonchev–Trinajstić information content (AvgIpc) is 2.37. The molecule has 1 unspecified atom stereocenters. The highest BCUT2D eigenvalue weighted by Crippen LogP contribution is 2.29. The predicted molar refractivity (Wildman–Crippen MR) is 80.2 cm³/mol. The van der Waals surface area contributed by atoms with Crippen molar-refractivity contribution in [2.24, 2.45) is 5.92 Å². The second kappa shape index (κ2) is 7.63. The molecule has 6 heteroatoms. The smallest absolute Gasteiger partial charge is 0.352 e. The fourth-order valence-electron chi connectivity index (χ4n) is 1.88. The highest BCUT2D eigenvalue weighted by Gasteiger charge is 2.29. The molecule has 1 rings (SSSR count). The van der Waals surface area contributed by atoms with Crippen molar-refractivity contribution < 1.29 is 18.0 Å². The molecular weight excluding hydrogens is 293 g/mol. The van der Waals surface area contributed by atoms with Gasteiger partial charge in [0.25, 0.3) is 0 Å². The van der Waals surface area contributed by atoms with Gasteiger partial charge in [0.1, 0.15) is 0 Å². The molecule has 1 aromatic rings. The molecule has 0 aliphatic rings. The molecule has 124 valence electrons. The Bertz CT molecular complexity index is 483. The van der Waals surface area contributed by atoms with Gasteiger partial charge >= 0.3 is 6.18 Å². The van der Waals surface area contributed by atoms with Gasteiger partial charge in [-0.15, -0.1) is 0 Å². The molecule has 1 amide bonds. The summed E-state index contributed by atoms with van der Waals surface area (Å²) in [4.78, 5) is 13.6. The topological polar surface area (TPSA) is 32.3 Å². The Morgan fingerprint density at radius 3 is 2.18 bits per heavy atom. The first-order valence-corrected chi connectivity index (χ1v) is 7.23. The minimum absolute atomic E-state index is 0.0874. The van der Waals surface area contributed by atoms with Crippen LogP contribution in [0.25, 0.3) is 0 Å². The van der Waals surface area contributed by atoms with Crippen molar-refractivity contribution in [1.82, 2.24) is 10.2 Å². The Morgan fingerprint density at radius 2 is 1.73 bits per heavy atom. The summed E-state index contributed by atoms with van der Waals surface area (Å²) >= 11 is 0. The minimum Gasteiger partial charge on any atom is -0.352 e. The van der Waals surface area contributed by atoms with Crippen LogP contribution in [0.2, 0.25) is 0 Å². The third-order valence-electron chi connectivity index (χ3n) is 3.54. The Morgan fingerprint density at radius 1 is 1.18 bits per heavy atom. The van der Waals surface area contributed by atoms with Gasteiger partial charge in [-0.25, -0.2) is 0 Å². The number of halogens is 3. The van der Waals surface area contributed by atoms with Crippen molar-refractivity contribution >= 4 is 5.91 Å². The molecule has 0 fully saturated rings. The molecule has 0 saturated carbocycles. The third-order valence-corrected chi connectivity index (χ3v) is 3.54. The van der Waals surface area contributed by atoms with Gasteiger partial charge in [-0.1, -0.05) is 26.0 Å². The average molecular weight is 316 g/mol. The monoisotopic (exact) mass is 316 g/mol. The van der Waals surface area contributed by atoms with Crippen molar-refractivity contribution in [1.29, 1.82) is 0 Å². The molecule has 22 heavy (non-hydrogen) atoms. The van der Waals surface area contributed by atoms with E-state index >= 15 is 0 Å². The number of carbonyl (C=O) groups excluding carboxylic acids is 1. The van der Waals surface area contributed by atoms with Gasteiger partial charge in [0.2, 0.25) is 5.91 Å². The number of nitrogens with zero attached hydrogens (tertiary/aromatic N) is 1. The van der Waals surface area contributed by atoms with Gasteiger partial charge in [-0.2, -0.15) is 13.2 Å². The predicted octanol–water partition coefficient (Wildman–Crippen LogP) is 3.30. The lowest BCUT2D eigenvalue weighted by atomic mass is 10.1. The van der Waals surface area contributed by atoms with Gasteiger partial charge in [0.05, 0.1) is 12.1 Å². The van der Waals surface area contributed by atoms with Crippen LogP contribution in [-0.4, -0.2) is 30.4 Å². The van der Waals surface area contributed by atoms with Crippen LogP contribution in [0.15, 0.2) is 24.3 Å². The summed E-state index contributed by atoms with van der Waals surface area (Å²) in [5.74, 6) is 0.264. The fourth-order valence-corrected chi connectivity index (χ4v) is 1.88. The van der Waals surface area contributed by atoms with Gasteiger partial charge in [-0.05, 0) is 37.6 Å². The summed E-state index contributed by atoms with van der Waals surface area (Å²) in [6.45, 7) is 6.62. The van der Waals surface area contributed by atoms with E-state index in [9.17, 15) is 18.0 Å². The van der Waals surface area contributed by atoms with Crippen LogP contribution in [0.4, 0.5) is 13.2 Å². The number of hydrogen-bond acceptors (Lipinski definition) is 2. The largest absolute Gasteiger partial charge is 0.416 e. The van der Waals surface area contributed by atoms with Gasteiger partial charge in [0.15, 0.2) is 0 Å². The highest BCUT2D eigenvalue weighted by atomic mass is 19.4. The summed E-state index contributed by atoms with van der Waals surface area (Å²) < 4.78 is 37.4. The number of carbonyl (C=O) groups is 1. The van der Waals surface area contributed by atoms with Crippen LogP contribution in [0.1, 0.15) is 31.9 Å². The van der Waals surface area contributed by atoms with Crippen LogP contribution in [0, 0.1) is 5.92 Å². The normalized spacial score (nSPS) is 13.5. The molecule has 0 aliphatic carbocycles. The number of alkyl halides is 3. The lowest BCUT2D eigenvalue weighted by molar-refractivity contribution is -0.137. The van der Waals surface area contributed by atoms with Crippen molar-refractivity contribution in [2.75, 3.05) is 13.6 Å². The summed E-state index contributed by atoms with van der Waals surface area (Å²) in [5.41, 5.74) is 0.0719. The lowest BCUT2D eigenvalue weighted by Crippen LogP contribution is -2.41. The molecule has 0 aliphatic heterocycles. The molecule has 0 saturated heterocycles. The second-order valence-electron chi connectivity index (χ2n) is 5.97. The summed E-state index contributed by atoms with van der Waals surface area (Å²) in [5, 5.41) is 2.90. The van der Waals surface area contributed by atoms with Crippen molar-refractivity contribution in [3.63, 3.8) is 0 Å². The molecule has 1 aromatic carbocycles. The summed E-state index contributed by atoms with van der Waals surface area (Å²) in [7, 11) is 1.76. The van der Waals surface area contributed by atoms with E-state index in [0.717, 1.165) is 17.7 Å². The number of likely N-dealkylation sites (N-methyl/N-ethyl adjacent to an activating group) is 1. The zero-order chi connectivity index (χ0) is 16.9. The molecule has 0 aromatic heterocycles. The molecule has 0 spiro atoms. The molecule has 3 nitrogen and oxygen atoms in total. The van der Waals surface area contributed by atoms with Crippen LogP contribution < -0.4 is 5.32 Å². The number of rotatable bonds is 6. The van der Waals surface area contributed by atoms with E-state index in [1.54, 1.807) is 11.9 Å². The number of amides is 1. The first-order chi connectivity index (χ1) is 10.1. The zero-order valence-electron chi connectivity index (χ0n) is 13.4. The maximum Gasteiger partial charge on any atom is 0.416 e.